The molecule has 100 valence electrons. The Morgan fingerprint density at radius 2 is 2.00 bits per heavy atom. The average Bonchev–Trinajstić information content (AvgIpc) is 2.25. The Morgan fingerprint density at radius 1 is 1.41 bits per heavy atom. The van der Waals surface area contributed by atoms with Crippen LogP contribution in [-0.2, 0) is 14.6 Å². The molecule has 1 atom stereocenters. The van der Waals surface area contributed by atoms with E-state index in [1.54, 1.807) is 0 Å². The lowest BCUT2D eigenvalue weighted by Gasteiger charge is -2.27. The molecular formula is C10H20N2O4S. The van der Waals surface area contributed by atoms with Crippen molar-refractivity contribution < 1.29 is 18.3 Å². The van der Waals surface area contributed by atoms with Crippen LogP contribution in [0.3, 0.4) is 0 Å². The number of hydrogen-bond acceptors (Lipinski definition) is 5. The Bertz CT molecular complexity index is 341. The van der Waals surface area contributed by atoms with Crippen LogP contribution in [0.1, 0.15) is 13.3 Å². The van der Waals surface area contributed by atoms with Gasteiger partial charge in [0.1, 0.15) is 6.04 Å². The first-order valence-electron chi connectivity index (χ1n) is 5.83. The highest BCUT2D eigenvalue weighted by molar-refractivity contribution is 7.91. The molecule has 6 nitrogen and oxygen atoms in total. The van der Waals surface area contributed by atoms with Crippen LogP contribution in [0.5, 0.6) is 0 Å². The van der Waals surface area contributed by atoms with E-state index in [1.807, 2.05) is 11.8 Å². The normalized spacial score (nSPS) is 22.2. The Morgan fingerprint density at radius 3 is 2.47 bits per heavy atom. The predicted molar refractivity (Wildman–Crippen MR) is 64.8 cm³/mol. The van der Waals surface area contributed by atoms with Crippen LogP contribution in [0.15, 0.2) is 0 Å². The third-order valence-electron chi connectivity index (χ3n) is 2.92. The Hall–Kier alpha value is -0.660. The number of nitrogens with zero attached hydrogens (tertiary/aromatic N) is 1. The van der Waals surface area contributed by atoms with Gasteiger partial charge in [0.25, 0.3) is 0 Å². The largest absolute Gasteiger partial charge is 0.480 e. The molecule has 0 spiro atoms. The fourth-order valence-corrected chi connectivity index (χ4v) is 3.12. The van der Waals surface area contributed by atoms with Gasteiger partial charge in [-0.05, 0) is 13.0 Å². The number of rotatable bonds is 6. The lowest BCUT2D eigenvalue weighted by molar-refractivity contribution is -0.139. The van der Waals surface area contributed by atoms with Gasteiger partial charge in [0, 0.05) is 19.6 Å². The fraction of sp³-hybridized carbons (Fsp3) is 0.900. The van der Waals surface area contributed by atoms with E-state index < -0.39 is 21.8 Å². The smallest absolute Gasteiger partial charge is 0.320 e. The monoisotopic (exact) mass is 264 g/mol. The van der Waals surface area contributed by atoms with E-state index in [0.29, 0.717) is 32.6 Å². The number of nitrogens with one attached hydrogen (secondary N) is 1. The first kappa shape index (κ1) is 14.4. The number of sulfone groups is 1. The predicted octanol–water partition coefficient (Wildman–Crippen LogP) is -0.830. The van der Waals surface area contributed by atoms with Gasteiger partial charge in [-0.1, -0.05) is 6.92 Å². The third-order valence-corrected chi connectivity index (χ3v) is 4.53. The molecule has 0 aromatic rings. The number of carboxylic acids is 1. The van der Waals surface area contributed by atoms with Gasteiger partial charge in [0.2, 0.25) is 0 Å². The lowest BCUT2D eigenvalue weighted by Crippen LogP contribution is -2.44. The van der Waals surface area contributed by atoms with Crippen molar-refractivity contribution in [1.82, 2.24) is 10.2 Å². The lowest BCUT2D eigenvalue weighted by atomic mass is 10.2. The summed E-state index contributed by atoms with van der Waals surface area (Å²) < 4.78 is 22.4. The van der Waals surface area contributed by atoms with Crippen LogP contribution in [0, 0.1) is 0 Å². The van der Waals surface area contributed by atoms with Crippen molar-refractivity contribution in [2.24, 2.45) is 0 Å². The van der Waals surface area contributed by atoms with E-state index >= 15 is 0 Å². The van der Waals surface area contributed by atoms with Crippen molar-refractivity contribution in [3.8, 4) is 0 Å². The molecule has 0 aliphatic carbocycles. The molecule has 1 aliphatic heterocycles. The van der Waals surface area contributed by atoms with Gasteiger partial charge >= 0.3 is 5.97 Å². The summed E-state index contributed by atoms with van der Waals surface area (Å²) in [7, 11) is -2.85. The molecule has 1 heterocycles. The summed E-state index contributed by atoms with van der Waals surface area (Å²) in [4.78, 5) is 12.9. The maximum atomic E-state index is 11.2. The van der Waals surface area contributed by atoms with Crippen molar-refractivity contribution in [3.63, 3.8) is 0 Å². The van der Waals surface area contributed by atoms with Gasteiger partial charge in [-0.3, -0.25) is 4.79 Å². The van der Waals surface area contributed by atoms with E-state index in [2.05, 4.69) is 5.32 Å². The maximum Gasteiger partial charge on any atom is 0.320 e. The Labute approximate surface area is 102 Å². The van der Waals surface area contributed by atoms with Gasteiger partial charge in [-0.25, -0.2) is 8.42 Å². The zero-order valence-electron chi connectivity index (χ0n) is 10.1. The van der Waals surface area contributed by atoms with Gasteiger partial charge < -0.3 is 15.3 Å². The second-order valence-electron chi connectivity index (χ2n) is 4.23. The van der Waals surface area contributed by atoms with Crippen molar-refractivity contribution in [1.29, 1.82) is 0 Å². The second kappa shape index (κ2) is 6.32. The van der Waals surface area contributed by atoms with Crippen molar-refractivity contribution in [3.05, 3.63) is 0 Å². The highest BCUT2D eigenvalue weighted by Crippen LogP contribution is 2.05. The van der Waals surface area contributed by atoms with Crippen LogP contribution in [-0.4, -0.2) is 68.1 Å². The van der Waals surface area contributed by atoms with Crippen molar-refractivity contribution in [2.75, 3.05) is 37.7 Å². The zero-order valence-corrected chi connectivity index (χ0v) is 10.9. The van der Waals surface area contributed by atoms with E-state index in [9.17, 15) is 13.2 Å². The molecule has 1 aliphatic rings. The molecule has 1 rings (SSSR count). The summed E-state index contributed by atoms with van der Waals surface area (Å²) in [5, 5.41) is 11.8. The molecule has 1 saturated heterocycles. The Balaban J connectivity index is 2.33. The fourth-order valence-electron chi connectivity index (χ4n) is 1.84. The molecule has 0 aromatic carbocycles. The highest BCUT2D eigenvalue weighted by atomic mass is 32.2. The SMILES string of the molecule is CCNC(CCN1CCS(=O)(=O)CC1)C(=O)O. The quantitative estimate of drug-likeness (QED) is 0.651. The molecule has 0 radical (unpaired) electrons. The Kier molecular flexibility index (Phi) is 5.35. The van der Waals surface area contributed by atoms with E-state index in [1.165, 1.54) is 0 Å². The zero-order chi connectivity index (χ0) is 12.9. The second-order valence-corrected chi connectivity index (χ2v) is 6.53. The number of carbonyl (C=O) groups is 1. The summed E-state index contributed by atoms with van der Waals surface area (Å²) in [6, 6.07) is -0.543. The van der Waals surface area contributed by atoms with Crippen molar-refractivity contribution in [2.45, 2.75) is 19.4 Å². The van der Waals surface area contributed by atoms with Gasteiger partial charge in [-0.2, -0.15) is 0 Å². The van der Waals surface area contributed by atoms with E-state index in [4.69, 9.17) is 5.11 Å². The van der Waals surface area contributed by atoms with Gasteiger partial charge in [0.05, 0.1) is 11.5 Å². The molecule has 1 fully saturated rings. The minimum Gasteiger partial charge on any atom is -0.480 e. The molecule has 0 bridgehead atoms. The number of likely N-dealkylation sites (N-methyl/N-ethyl adjacent to an activating group) is 1. The van der Waals surface area contributed by atoms with Crippen LogP contribution in [0.25, 0.3) is 0 Å². The molecule has 17 heavy (non-hydrogen) atoms. The molecule has 0 amide bonds. The van der Waals surface area contributed by atoms with Crippen LogP contribution < -0.4 is 5.32 Å². The van der Waals surface area contributed by atoms with E-state index in [0.717, 1.165) is 0 Å². The van der Waals surface area contributed by atoms with Crippen LogP contribution in [0.4, 0.5) is 0 Å². The first-order valence-corrected chi connectivity index (χ1v) is 7.65. The molecule has 0 aromatic heterocycles. The van der Waals surface area contributed by atoms with Crippen LogP contribution in [0.2, 0.25) is 0 Å². The minimum atomic E-state index is -2.85. The summed E-state index contributed by atoms with van der Waals surface area (Å²) in [6.45, 7) is 4.13. The topological polar surface area (TPSA) is 86.7 Å². The van der Waals surface area contributed by atoms with Crippen molar-refractivity contribution >= 4 is 15.8 Å². The average molecular weight is 264 g/mol. The molecule has 7 heteroatoms. The number of carboxylic acid groups (broad SMARTS) is 1. The maximum absolute atomic E-state index is 11.2. The summed E-state index contributed by atoms with van der Waals surface area (Å²) in [6.07, 6.45) is 0.503. The molecule has 0 saturated carbocycles. The molecular weight excluding hydrogens is 244 g/mol. The standard InChI is InChI=1S/C10H20N2O4S/c1-2-11-9(10(13)14)3-4-12-5-7-17(15,16)8-6-12/h9,11H,2-8H2,1H3,(H,13,14). The minimum absolute atomic E-state index is 0.186. The van der Waals surface area contributed by atoms with Crippen LogP contribution >= 0.6 is 0 Å². The summed E-state index contributed by atoms with van der Waals surface area (Å²) in [5.74, 6) is -0.478. The number of aliphatic carboxylic acids is 1. The highest BCUT2D eigenvalue weighted by Gasteiger charge is 2.23. The molecule has 2 N–H and O–H groups in total. The summed E-state index contributed by atoms with van der Waals surface area (Å²) >= 11 is 0. The van der Waals surface area contributed by atoms with Gasteiger partial charge in [0.15, 0.2) is 9.84 Å². The van der Waals surface area contributed by atoms with Gasteiger partial charge in [-0.15, -0.1) is 0 Å². The van der Waals surface area contributed by atoms with E-state index in [-0.39, 0.29) is 11.5 Å². The number of hydrogen-bond donors (Lipinski definition) is 2. The molecule has 1 unspecified atom stereocenters. The summed E-state index contributed by atoms with van der Waals surface area (Å²) in [5.41, 5.74) is 0. The first-order chi connectivity index (χ1) is 7.94. The third kappa shape index (κ3) is 5.01.